The predicted molar refractivity (Wildman–Crippen MR) is 83.5 cm³/mol. The highest BCUT2D eigenvalue weighted by atomic mass is 32.1. The van der Waals surface area contributed by atoms with Crippen LogP contribution in [0, 0.1) is 0 Å². The number of thiophene rings is 1. The van der Waals surface area contributed by atoms with Crippen LogP contribution in [0.2, 0.25) is 0 Å². The molecule has 0 spiro atoms. The van der Waals surface area contributed by atoms with Crippen LogP contribution in [0.3, 0.4) is 0 Å². The van der Waals surface area contributed by atoms with Gasteiger partial charge in [0.1, 0.15) is 0 Å². The van der Waals surface area contributed by atoms with E-state index < -0.39 is 6.29 Å². The number of nitrogens with zero attached hydrogens (tertiary/aromatic N) is 1. The summed E-state index contributed by atoms with van der Waals surface area (Å²) in [6.07, 6.45) is 3.77. The van der Waals surface area contributed by atoms with E-state index in [9.17, 15) is 4.79 Å². The van der Waals surface area contributed by atoms with Gasteiger partial charge in [-0.25, -0.2) is 0 Å². The van der Waals surface area contributed by atoms with Crippen molar-refractivity contribution in [3.05, 3.63) is 34.2 Å². The van der Waals surface area contributed by atoms with Gasteiger partial charge in [0, 0.05) is 36.9 Å². The summed E-state index contributed by atoms with van der Waals surface area (Å²) in [5, 5.41) is 10.9. The highest BCUT2D eigenvalue weighted by Gasteiger charge is 2.34. The van der Waals surface area contributed by atoms with Gasteiger partial charge in [-0.15, -0.1) is 11.3 Å². The molecule has 1 N–H and O–H groups in total. The second kappa shape index (κ2) is 7.26. The fourth-order valence-electron chi connectivity index (χ4n) is 2.45. The molecule has 0 aromatic carbocycles. The smallest absolute Gasteiger partial charge is 0.288 e. The number of aliphatic hydroxyl groups excluding tert-OH is 1. The van der Waals surface area contributed by atoms with E-state index in [-0.39, 0.29) is 18.4 Å². The summed E-state index contributed by atoms with van der Waals surface area (Å²) in [6.45, 7) is 2.33. The lowest BCUT2D eigenvalue weighted by atomic mass is 9.99. The van der Waals surface area contributed by atoms with Gasteiger partial charge in [0.25, 0.3) is 5.91 Å². The first-order chi connectivity index (χ1) is 10.8. The highest BCUT2D eigenvalue weighted by Crippen LogP contribution is 2.34. The maximum atomic E-state index is 12.2. The van der Waals surface area contributed by atoms with Crippen molar-refractivity contribution < 1.29 is 19.4 Å². The third-order valence-electron chi connectivity index (χ3n) is 3.77. The van der Waals surface area contributed by atoms with Crippen LogP contribution in [-0.4, -0.2) is 48.5 Å². The minimum absolute atomic E-state index is 0.0368. The van der Waals surface area contributed by atoms with Crippen LogP contribution in [0.1, 0.15) is 30.1 Å². The monoisotopic (exact) mass is 323 g/mol. The molecule has 2 aliphatic rings. The van der Waals surface area contributed by atoms with E-state index in [0.717, 1.165) is 32.4 Å². The molecule has 1 fully saturated rings. The largest absolute Gasteiger partial charge is 0.459 e. The first kappa shape index (κ1) is 15.5. The van der Waals surface area contributed by atoms with Gasteiger partial charge in [0.15, 0.2) is 5.76 Å². The van der Waals surface area contributed by atoms with Crippen LogP contribution in [0.5, 0.6) is 0 Å². The van der Waals surface area contributed by atoms with E-state index in [2.05, 4.69) is 6.07 Å². The maximum absolute atomic E-state index is 12.2. The van der Waals surface area contributed by atoms with E-state index in [1.165, 1.54) is 4.88 Å². The molecule has 1 amide bonds. The molecule has 0 saturated carbocycles. The fourth-order valence-corrected chi connectivity index (χ4v) is 3.26. The molecule has 5 nitrogen and oxygen atoms in total. The Labute approximate surface area is 134 Å². The maximum Gasteiger partial charge on any atom is 0.288 e. The van der Waals surface area contributed by atoms with Crippen LogP contribution < -0.4 is 0 Å². The SMILES string of the molecule is O=C(C1=C[C@@H](c2cccs2)C[C@@H](OCCCCO)O1)N1CC1. The molecule has 2 atom stereocenters. The quantitative estimate of drug-likeness (QED) is 0.617. The molecule has 3 rings (SSSR count). The van der Waals surface area contributed by atoms with Crippen LogP contribution in [0.25, 0.3) is 0 Å². The van der Waals surface area contributed by atoms with Gasteiger partial charge in [0.05, 0.1) is 6.61 Å². The lowest BCUT2D eigenvalue weighted by Crippen LogP contribution is -2.29. The summed E-state index contributed by atoms with van der Waals surface area (Å²) in [4.78, 5) is 15.2. The van der Waals surface area contributed by atoms with Crippen molar-refractivity contribution in [1.82, 2.24) is 4.90 Å². The van der Waals surface area contributed by atoms with Gasteiger partial charge in [0.2, 0.25) is 6.29 Å². The number of ether oxygens (including phenoxy) is 2. The molecular weight excluding hydrogens is 302 g/mol. The average molecular weight is 323 g/mol. The molecule has 1 aromatic rings. The first-order valence-electron chi connectivity index (χ1n) is 7.71. The molecule has 1 saturated heterocycles. The van der Waals surface area contributed by atoms with Crippen LogP contribution in [0.4, 0.5) is 0 Å². The molecule has 0 unspecified atom stereocenters. The molecule has 0 bridgehead atoms. The van der Waals surface area contributed by atoms with Gasteiger partial charge in [-0.1, -0.05) is 6.07 Å². The third-order valence-corrected chi connectivity index (χ3v) is 4.77. The highest BCUT2D eigenvalue weighted by molar-refractivity contribution is 7.10. The van der Waals surface area contributed by atoms with Crippen molar-refractivity contribution >= 4 is 17.2 Å². The Bertz CT molecular complexity index is 524. The standard InChI is InChI=1S/C16H21NO4S/c18-7-1-2-8-20-15-11-12(14-4-3-9-22-14)10-13(21-15)16(19)17-5-6-17/h3-4,9-10,12,15,18H,1-2,5-8,11H2/t12-,15+/m1/s1. The van der Waals surface area contributed by atoms with Crippen molar-refractivity contribution in [2.45, 2.75) is 31.5 Å². The van der Waals surface area contributed by atoms with Crippen molar-refractivity contribution in [2.24, 2.45) is 0 Å². The molecule has 22 heavy (non-hydrogen) atoms. The summed E-state index contributed by atoms with van der Waals surface area (Å²) in [7, 11) is 0. The van der Waals surface area contributed by atoms with Gasteiger partial charge >= 0.3 is 0 Å². The van der Waals surface area contributed by atoms with Crippen LogP contribution >= 0.6 is 11.3 Å². The Hall–Kier alpha value is -1.37. The molecule has 0 radical (unpaired) electrons. The lowest BCUT2D eigenvalue weighted by Gasteiger charge is -2.28. The molecule has 0 aliphatic carbocycles. The summed E-state index contributed by atoms with van der Waals surface area (Å²) in [6, 6.07) is 4.10. The number of amides is 1. The summed E-state index contributed by atoms with van der Waals surface area (Å²) < 4.78 is 11.5. The topological polar surface area (TPSA) is 58.8 Å². The Balaban J connectivity index is 1.66. The Morgan fingerprint density at radius 1 is 1.45 bits per heavy atom. The number of hydrogen-bond acceptors (Lipinski definition) is 5. The van der Waals surface area contributed by atoms with E-state index in [1.807, 2.05) is 17.5 Å². The second-order valence-electron chi connectivity index (χ2n) is 5.53. The van der Waals surface area contributed by atoms with E-state index in [4.69, 9.17) is 14.6 Å². The minimum Gasteiger partial charge on any atom is -0.459 e. The second-order valence-corrected chi connectivity index (χ2v) is 6.51. The normalized spacial score (nSPS) is 23.9. The Morgan fingerprint density at radius 2 is 2.32 bits per heavy atom. The average Bonchev–Trinajstić information content (AvgIpc) is 3.24. The third kappa shape index (κ3) is 3.88. The predicted octanol–water partition coefficient (Wildman–Crippen LogP) is 2.09. The molecular formula is C16H21NO4S. The van der Waals surface area contributed by atoms with Crippen molar-refractivity contribution in [3.63, 3.8) is 0 Å². The number of aliphatic hydroxyl groups is 1. The van der Waals surface area contributed by atoms with Gasteiger partial charge < -0.3 is 19.5 Å². The summed E-state index contributed by atoms with van der Waals surface area (Å²) in [5.74, 6) is 0.537. The van der Waals surface area contributed by atoms with Crippen LogP contribution in [0.15, 0.2) is 29.3 Å². The number of rotatable bonds is 7. The number of carbonyl (C=O) groups excluding carboxylic acids is 1. The zero-order valence-corrected chi connectivity index (χ0v) is 13.3. The first-order valence-corrected chi connectivity index (χ1v) is 8.59. The molecule has 2 aliphatic heterocycles. The Morgan fingerprint density at radius 3 is 3.00 bits per heavy atom. The molecule has 6 heteroatoms. The zero-order valence-electron chi connectivity index (χ0n) is 12.4. The molecule has 1 aromatic heterocycles. The van der Waals surface area contributed by atoms with Crippen molar-refractivity contribution in [3.8, 4) is 0 Å². The number of hydrogen-bond donors (Lipinski definition) is 1. The van der Waals surface area contributed by atoms with Crippen molar-refractivity contribution in [1.29, 1.82) is 0 Å². The summed E-state index contributed by atoms with van der Waals surface area (Å²) in [5.41, 5.74) is 0. The number of unbranched alkanes of at least 4 members (excludes halogenated alkanes) is 1. The molecule has 120 valence electrons. The molecule has 3 heterocycles. The fraction of sp³-hybridized carbons (Fsp3) is 0.562. The van der Waals surface area contributed by atoms with Gasteiger partial charge in [-0.3, -0.25) is 4.79 Å². The van der Waals surface area contributed by atoms with E-state index >= 15 is 0 Å². The zero-order chi connectivity index (χ0) is 15.4. The van der Waals surface area contributed by atoms with Crippen LogP contribution in [-0.2, 0) is 14.3 Å². The van der Waals surface area contributed by atoms with Gasteiger partial charge in [-0.2, -0.15) is 0 Å². The Kier molecular flexibility index (Phi) is 5.12. The number of carbonyl (C=O) groups is 1. The van der Waals surface area contributed by atoms with E-state index in [0.29, 0.717) is 12.4 Å². The summed E-state index contributed by atoms with van der Waals surface area (Å²) >= 11 is 1.69. The number of allylic oxidation sites excluding steroid dienone is 1. The van der Waals surface area contributed by atoms with E-state index in [1.54, 1.807) is 16.2 Å². The lowest BCUT2D eigenvalue weighted by molar-refractivity contribution is -0.149. The minimum atomic E-state index is -0.394. The van der Waals surface area contributed by atoms with Gasteiger partial charge in [-0.05, 0) is 30.4 Å². The van der Waals surface area contributed by atoms with Crippen molar-refractivity contribution in [2.75, 3.05) is 26.3 Å².